The molecule has 138 valence electrons. The van der Waals surface area contributed by atoms with Gasteiger partial charge in [0.05, 0.1) is 13.7 Å². The van der Waals surface area contributed by atoms with Crippen LogP contribution in [0.25, 0.3) is 0 Å². The number of guanidine groups is 1. The number of amides is 1. The molecule has 1 saturated carbocycles. The summed E-state index contributed by atoms with van der Waals surface area (Å²) in [6.45, 7) is 0.948. The van der Waals surface area contributed by atoms with Crippen LogP contribution in [-0.4, -0.2) is 50.6 Å². The lowest BCUT2D eigenvalue weighted by molar-refractivity contribution is -0.120. The highest BCUT2D eigenvalue weighted by Gasteiger charge is 2.16. The van der Waals surface area contributed by atoms with E-state index in [2.05, 4.69) is 15.6 Å². The molecule has 1 amide bonds. The van der Waals surface area contributed by atoms with Gasteiger partial charge in [-0.1, -0.05) is 31.4 Å². The van der Waals surface area contributed by atoms with E-state index < -0.39 is 0 Å². The third-order valence-electron chi connectivity index (χ3n) is 4.53. The number of carbonyl (C=O) groups is 1. The minimum absolute atomic E-state index is 0.0332. The highest BCUT2D eigenvalue weighted by molar-refractivity contribution is 5.86. The predicted octanol–water partition coefficient (Wildman–Crippen LogP) is 2.15. The average Bonchev–Trinajstić information content (AvgIpc) is 2.63. The Bertz CT molecular complexity index is 565. The number of nitrogens with one attached hydrogen (secondary N) is 2. The molecular formula is C19H30N4O2. The number of nitrogens with zero attached hydrogens (tertiary/aromatic N) is 2. The molecule has 0 saturated heterocycles. The van der Waals surface area contributed by atoms with Crippen molar-refractivity contribution in [1.82, 2.24) is 15.5 Å². The topological polar surface area (TPSA) is 66.0 Å². The van der Waals surface area contributed by atoms with Crippen molar-refractivity contribution in [2.75, 3.05) is 27.7 Å². The number of carbonyl (C=O) groups excluding carboxylic acids is 1. The van der Waals surface area contributed by atoms with Gasteiger partial charge >= 0.3 is 0 Å². The van der Waals surface area contributed by atoms with Crippen LogP contribution >= 0.6 is 0 Å². The summed E-state index contributed by atoms with van der Waals surface area (Å²) in [6, 6.07) is 8.27. The van der Waals surface area contributed by atoms with Gasteiger partial charge in [0, 0.05) is 26.7 Å². The van der Waals surface area contributed by atoms with Crippen molar-refractivity contribution >= 4 is 11.9 Å². The smallest absolute Gasteiger partial charge is 0.239 e. The molecule has 1 aromatic rings. The Hall–Kier alpha value is -2.24. The van der Waals surface area contributed by atoms with E-state index in [0.717, 1.165) is 24.2 Å². The zero-order valence-corrected chi connectivity index (χ0v) is 15.5. The number of hydrogen-bond acceptors (Lipinski definition) is 3. The third-order valence-corrected chi connectivity index (χ3v) is 4.53. The van der Waals surface area contributed by atoms with Crippen molar-refractivity contribution in [1.29, 1.82) is 0 Å². The van der Waals surface area contributed by atoms with Gasteiger partial charge in [-0.25, -0.2) is 0 Å². The summed E-state index contributed by atoms with van der Waals surface area (Å²) in [5.74, 6) is 1.58. The molecule has 0 aliphatic heterocycles. The van der Waals surface area contributed by atoms with Crippen molar-refractivity contribution in [2.45, 2.75) is 44.7 Å². The lowest BCUT2D eigenvalue weighted by Crippen LogP contribution is -2.46. The second-order valence-corrected chi connectivity index (χ2v) is 6.51. The van der Waals surface area contributed by atoms with Crippen LogP contribution in [0.4, 0.5) is 0 Å². The maximum atomic E-state index is 12.1. The lowest BCUT2D eigenvalue weighted by atomic mass is 9.95. The van der Waals surface area contributed by atoms with Crippen LogP contribution in [-0.2, 0) is 11.3 Å². The maximum absolute atomic E-state index is 12.1. The first-order valence-corrected chi connectivity index (χ1v) is 8.96. The minimum atomic E-state index is 0.0332. The fourth-order valence-electron chi connectivity index (χ4n) is 3.15. The first-order chi connectivity index (χ1) is 12.1. The van der Waals surface area contributed by atoms with Gasteiger partial charge in [0.15, 0.2) is 5.96 Å². The SMILES string of the molecule is CN=C(NCC(=O)NC1CCCCC1)N(C)Cc1ccc(OC)cc1. The minimum Gasteiger partial charge on any atom is -0.497 e. The molecule has 0 unspecified atom stereocenters. The molecule has 0 radical (unpaired) electrons. The van der Waals surface area contributed by atoms with Crippen LogP contribution < -0.4 is 15.4 Å². The summed E-state index contributed by atoms with van der Waals surface area (Å²) in [4.78, 5) is 18.4. The van der Waals surface area contributed by atoms with Crippen LogP contribution in [0.3, 0.4) is 0 Å². The molecule has 0 atom stereocenters. The molecule has 2 N–H and O–H groups in total. The fraction of sp³-hybridized carbons (Fsp3) is 0.579. The maximum Gasteiger partial charge on any atom is 0.239 e. The molecule has 6 nitrogen and oxygen atoms in total. The van der Waals surface area contributed by atoms with E-state index in [1.54, 1.807) is 14.2 Å². The second kappa shape index (κ2) is 9.91. The van der Waals surface area contributed by atoms with Gasteiger partial charge in [-0.05, 0) is 30.5 Å². The normalized spacial score (nSPS) is 15.6. The van der Waals surface area contributed by atoms with Crippen LogP contribution in [0.2, 0.25) is 0 Å². The van der Waals surface area contributed by atoms with Crippen molar-refractivity contribution in [3.05, 3.63) is 29.8 Å². The van der Waals surface area contributed by atoms with E-state index in [0.29, 0.717) is 18.5 Å². The van der Waals surface area contributed by atoms with Gasteiger partial charge in [-0.15, -0.1) is 0 Å². The summed E-state index contributed by atoms with van der Waals surface area (Å²) in [5, 5.41) is 6.25. The highest BCUT2D eigenvalue weighted by Crippen LogP contribution is 2.17. The molecule has 0 bridgehead atoms. The number of methoxy groups -OCH3 is 1. The van der Waals surface area contributed by atoms with Crippen molar-refractivity contribution in [2.24, 2.45) is 4.99 Å². The molecule has 0 aromatic heterocycles. The average molecular weight is 346 g/mol. The van der Waals surface area contributed by atoms with Crippen LogP contribution in [0.15, 0.2) is 29.3 Å². The quantitative estimate of drug-likeness (QED) is 0.612. The van der Waals surface area contributed by atoms with E-state index in [1.807, 2.05) is 36.2 Å². The van der Waals surface area contributed by atoms with Gasteiger partial charge in [0.2, 0.25) is 5.91 Å². The monoisotopic (exact) mass is 346 g/mol. The van der Waals surface area contributed by atoms with Gasteiger partial charge < -0.3 is 20.3 Å². The van der Waals surface area contributed by atoms with Crippen LogP contribution in [0.1, 0.15) is 37.7 Å². The number of benzene rings is 1. The lowest BCUT2D eigenvalue weighted by Gasteiger charge is -2.24. The third kappa shape index (κ3) is 6.29. The Kier molecular flexibility index (Phi) is 7.57. The van der Waals surface area contributed by atoms with Crippen LogP contribution in [0.5, 0.6) is 5.75 Å². The predicted molar refractivity (Wildman–Crippen MR) is 101 cm³/mol. The van der Waals surface area contributed by atoms with Crippen molar-refractivity contribution < 1.29 is 9.53 Å². The summed E-state index contributed by atoms with van der Waals surface area (Å²) in [6.07, 6.45) is 5.90. The molecule has 1 fully saturated rings. The molecular weight excluding hydrogens is 316 g/mol. The summed E-state index contributed by atoms with van der Waals surface area (Å²) >= 11 is 0. The molecule has 2 rings (SSSR count). The second-order valence-electron chi connectivity index (χ2n) is 6.51. The number of aliphatic imine (C=N–C) groups is 1. The molecule has 0 spiro atoms. The summed E-state index contributed by atoms with van der Waals surface area (Å²) < 4.78 is 5.18. The Morgan fingerprint density at radius 3 is 2.52 bits per heavy atom. The molecule has 1 aliphatic carbocycles. The zero-order valence-electron chi connectivity index (χ0n) is 15.5. The summed E-state index contributed by atoms with van der Waals surface area (Å²) in [7, 11) is 5.34. The number of ether oxygens (including phenoxy) is 1. The van der Waals surface area contributed by atoms with Gasteiger partial charge in [-0.2, -0.15) is 0 Å². The van der Waals surface area contributed by atoms with Gasteiger partial charge in [-0.3, -0.25) is 9.79 Å². The number of hydrogen-bond donors (Lipinski definition) is 2. The first-order valence-electron chi connectivity index (χ1n) is 8.96. The molecule has 1 aliphatic rings. The standard InChI is InChI=1S/C19H30N4O2/c1-20-19(21-13-18(24)22-16-7-5-4-6-8-16)23(2)14-15-9-11-17(25-3)12-10-15/h9-12,16H,4-8,13-14H2,1-3H3,(H,20,21)(H,22,24). The molecule has 0 heterocycles. The summed E-state index contributed by atoms with van der Waals surface area (Å²) in [5.41, 5.74) is 1.15. The van der Waals surface area contributed by atoms with Gasteiger partial charge in [0.25, 0.3) is 0 Å². The highest BCUT2D eigenvalue weighted by atomic mass is 16.5. The Morgan fingerprint density at radius 2 is 1.92 bits per heavy atom. The van der Waals surface area contributed by atoms with Crippen molar-refractivity contribution in [3.63, 3.8) is 0 Å². The van der Waals surface area contributed by atoms with Gasteiger partial charge in [0.1, 0.15) is 5.75 Å². The Labute approximate surface area is 150 Å². The van der Waals surface area contributed by atoms with Crippen LogP contribution in [0, 0.1) is 0 Å². The largest absolute Gasteiger partial charge is 0.497 e. The first kappa shape index (κ1) is 19.1. The molecule has 1 aromatic carbocycles. The van der Waals surface area contributed by atoms with E-state index >= 15 is 0 Å². The van der Waals surface area contributed by atoms with E-state index in [-0.39, 0.29) is 12.5 Å². The fourth-order valence-corrected chi connectivity index (χ4v) is 3.15. The Balaban J connectivity index is 1.78. The van der Waals surface area contributed by atoms with E-state index in [9.17, 15) is 4.79 Å². The molecule has 25 heavy (non-hydrogen) atoms. The van der Waals surface area contributed by atoms with Crippen molar-refractivity contribution in [3.8, 4) is 5.75 Å². The number of rotatable bonds is 6. The molecule has 6 heteroatoms. The van der Waals surface area contributed by atoms with E-state index in [1.165, 1.54) is 19.3 Å². The zero-order chi connectivity index (χ0) is 18.1. The Morgan fingerprint density at radius 1 is 1.24 bits per heavy atom. The van der Waals surface area contributed by atoms with E-state index in [4.69, 9.17) is 4.74 Å².